The maximum absolute atomic E-state index is 11.4. The Labute approximate surface area is 123 Å². The van der Waals surface area contributed by atoms with Crippen LogP contribution in [0.1, 0.15) is 12.5 Å². The van der Waals surface area contributed by atoms with Crippen molar-refractivity contribution >= 4 is 12.0 Å². The van der Waals surface area contributed by atoms with E-state index in [0.717, 1.165) is 0 Å². The predicted octanol–water partition coefficient (Wildman–Crippen LogP) is 2.18. The van der Waals surface area contributed by atoms with Crippen LogP contribution in [0.25, 0.3) is 6.08 Å². The third kappa shape index (κ3) is 4.59. The van der Waals surface area contributed by atoms with Crippen LogP contribution in [-0.4, -0.2) is 26.3 Å². The van der Waals surface area contributed by atoms with E-state index in [9.17, 15) is 4.79 Å². The van der Waals surface area contributed by atoms with Crippen molar-refractivity contribution in [2.24, 2.45) is 0 Å². The molecule has 0 aliphatic carbocycles. The summed E-state index contributed by atoms with van der Waals surface area (Å²) in [6, 6.07) is 6.81. The molecule has 0 aliphatic rings. The Morgan fingerprint density at radius 1 is 1.38 bits per heavy atom. The van der Waals surface area contributed by atoms with Crippen LogP contribution in [0.15, 0.2) is 23.8 Å². The van der Waals surface area contributed by atoms with Gasteiger partial charge < -0.3 is 14.2 Å². The lowest BCUT2D eigenvalue weighted by Gasteiger charge is -2.11. The third-order valence-electron chi connectivity index (χ3n) is 2.42. The standard InChI is InChI=1S/C16H15NO4/c1-4-8-21-14-7-6-12(10-15(14)20-5-2)9-13(11-17)16(18)19-3/h1,6-7,9-10H,5,8H2,2-3H3. The van der Waals surface area contributed by atoms with E-state index in [2.05, 4.69) is 10.7 Å². The normalized spacial score (nSPS) is 10.2. The molecule has 0 aliphatic heterocycles. The summed E-state index contributed by atoms with van der Waals surface area (Å²) < 4.78 is 15.3. The highest BCUT2D eigenvalue weighted by Crippen LogP contribution is 2.29. The number of esters is 1. The Morgan fingerprint density at radius 3 is 2.71 bits per heavy atom. The summed E-state index contributed by atoms with van der Waals surface area (Å²) >= 11 is 0. The molecule has 1 aromatic carbocycles. The molecule has 0 saturated carbocycles. The number of carbonyl (C=O) groups excluding carboxylic acids is 1. The second-order valence-corrected chi connectivity index (χ2v) is 3.79. The van der Waals surface area contributed by atoms with Gasteiger partial charge in [0.25, 0.3) is 0 Å². The average molecular weight is 285 g/mol. The SMILES string of the molecule is C#CCOc1ccc(C=C(C#N)C(=O)OC)cc1OCC. The summed E-state index contributed by atoms with van der Waals surface area (Å²) in [5.41, 5.74) is 0.519. The van der Waals surface area contributed by atoms with Crippen molar-refractivity contribution in [3.8, 4) is 29.9 Å². The molecular formula is C16H15NO4. The van der Waals surface area contributed by atoms with Crippen molar-refractivity contribution in [1.82, 2.24) is 0 Å². The molecular weight excluding hydrogens is 270 g/mol. The fourth-order valence-electron chi connectivity index (χ4n) is 1.53. The number of methoxy groups -OCH3 is 1. The Bertz CT molecular complexity index is 620. The van der Waals surface area contributed by atoms with Crippen molar-refractivity contribution in [2.75, 3.05) is 20.3 Å². The monoisotopic (exact) mass is 285 g/mol. The summed E-state index contributed by atoms with van der Waals surface area (Å²) in [4.78, 5) is 11.4. The zero-order chi connectivity index (χ0) is 15.7. The molecule has 0 amide bonds. The minimum atomic E-state index is -0.692. The van der Waals surface area contributed by atoms with E-state index in [-0.39, 0.29) is 12.2 Å². The Hall–Kier alpha value is -2.92. The van der Waals surface area contributed by atoms with Crippen molar-refractivity contribution in [3.63, 3.8) is 0 Å². The molecule has 108 valence electrons. The van der Waals surface area contributed by atoms with Crippen LogP contribution in [-0.2, 0) is 9.53 Å². The number of terminal acetylenes is 1. The Morgan fingerprint density at radius 2 is 2.14 bits per heavy atom. The van der Waals surface area contributed by atoms with Gasteiger partial charge >= 0.3 is 5.97 Å². The van der Waals surface area contributed by atoms with Gasteiger partial charge in [-0.05, 0) is 30.7 Å². The van der Waals surface area contributed by atoms with Gasteiger partial charge in [-0.1, -0.05) is 12.0 Å². The minimum absolute atomic E-state index is 0.0998. The van der Waals surface area contributed by atoms with Crippen molar-refractivity contribution in [2.45, 2.75) is 6.92 Å². The number of hydrogen-bond acceptors (Lipinski definition) is 5. The summed E-state index contributed by atoms with van der Waals surface area (Å²) in [5, 5.41) is 8.94. The van der Waals surface area contributed by atoms with E-state index >= 15 is 0 Å². The molecule has 0 atom stereocenters. The van der Waals surface area contributed by atoms with E-state index in [0.29, 0.717) is 23.7 Å². The van der Waals surface area contributed by atoms with Crippen molar-refractivity contribution < 1.29 is 19.0 Å². The van der Waals surface area contributed by atoms with Crippen LogP contribution in [0.4, 0.5) is 0 Å². The van der Waals surface area contributed by atoms with Gasteiger partial charge in [0.05, 0.1) is 13.7 Å². The number of nitrogens with zero attached hydrogens (tertiary/aromatic N) is 1. The molecule has 0 aromatic heterocycles. The maximum atomic E-state index is 11.4. The number of rotatable bonds is 6. The topological polar surface area (TPSA) is 68.5 Å². The van der Waals surface area contributed by atoms with Gasteiger partial charge in [-0.15, -0.1) is 6.42 Å². The van der Waals surface area contributed by atoms with Gasteiger partial charge in [0.2, 0.25) is 0 Å². The summed E-state index contributed by atoms with van der Waals surface area (Å²) in [5.74, 6) is 2.67. The molecule has 21 heavy (non-hydrogen) atoms. The number of hydrogen-bond donors (Lipinski definition) is 0. The van der Waals surface area contributed by atoms with Crippen LogP contribution in [0.3, 0.4) is 0 Å². The number of nitriles is 1. The largest absolute Gasteiger partial charge is 0.490 e. The van der Waals surface area contributed by atoms with Crippen LogP contribution in [0.2, 0.25) is 0 Å². The van der Waals surface area contributed by atoms with Crippen LogP contribution in [0.5, 0.6) is 11.5 Å². The fraction of sp³-hybridized carbons (Fsp3) is 0.250. The number of benzene rings is 1. The smallest absolute Gasteiger partial charge is 0.348 e. The maximum Gasteiger partial charge on any atom is 0.348 e. The second-order valence-electron chi connectivity index (χ2n) is 3.79. The molecule has 5 nitrogen and oxygen atoms in total. The predicted molar refractivity (Wildman–Crippen MR) is 77.5 cm³/mol. The van der Waals surface area contributed by atoms with E-state index in [1.165, 1.54) is 13.2 Å². The lowest BCUT2D eigenvalue weighted by Crippen LogP contribution is -2.03. The van der Waals surface area contributed by atoms with E-state index in [1.807, 2.05) is 6.92 Å². The van der Waals surface area contributed by atoms with Gasteiger partial charge in [-0.2, -0.15) is 5.26 Å². The summed E-state index contributed by atoms with van der Waals surface area (Å²) in [6.45, 7) is 2.41. The highest BCUT2D eigenvalue weighted by molar-refractivity contribution is 5.97. The van der Waals surface area contributed by atoms with Gasteiger partial charge in [-0.3, -0.25) is 0 Å². The molecule has 0 heterocycles. The quantitative estimate of drug-likeness (QED) is 0.347. The van der Waals surface area contributed by atoms with Crippen LogP contribution >= 0.6 is 0 Å². The lowest BCUT2D eigenvalue weighted by molar-refractivity contribution is -0.135. The fourth-order valence-corrected chi connectivity index (χ4v) is 1.53. The van der Waals surface area contributed by atoms with Crippen LogP contribution in [0, 0.1) is 23.7 Å². The molecule has 1 aromatic rings. The van der Waals surface area contributed by atoms with Gasteiger partial charge in [0.1, 0.15) is 18.2 Å². The minimum Gasteiger partial charge on any atom is -0.490 e. The zero-order valence-corrected chi connectivity index (χ0v) is 11.9. The molecule has 0 fully saturated rings. The first kappa shape index (κ1) is 16.1. The van der Waals surface area contributed by atoms with Gasteiger partial charge in [0, 0.05) is 0 Å². The Balaban J connectivity index is 3.13. The summed E-state index contributed by atoms with van der Waals surface area (Å²) in [7, 11) is 1.22. The molecule has 0 radical (unpaired) electrons. The second kappa shape index (κ2) is 8.29. The van der Waals surface area contributed by atoms with Gasteiger partial charge in [-0.25, -0.2) is 4.79 Å². The first-order chi connectivity index (χ1) is 10.2. The highest BCUT2D eigenvalue weighted by atomic mass is 16.5. The van der Waals surface area contributed by atoms with E-state index in [1.54, 1.807) is 24.3 Å². The zero-order valence-electron chi connectivity index (χ0n) is 11.9. The number of ether oxygens (including phenoxy) is 3. The van der Waals surface area contributed by atoms with E-state index < -0.39 is 5.97 Å². The Kier molecular flexibility index (Phi) is 6.37. The highest BCUT2D eigenvalue weighted by Gasteiger charge is 2.10. The van der Waals surface area contributed by atoms with Crippen LogP contribution < -0.4 is 9.47 Å². The molecule has 0 saturated heterocycles. The van der Waals surface area contributed by atoms with Crippen molar-refractivity contribution in [1.29, 1.82) is 5.26 Å². The molecule has 0 spiro atoms. The summed E-state index contributed by atoms with van der Waals surface area (Å²) in [6.07, 6.45) is 6.57. The molecule has 5 heteroatoms. The average Bonchev–Trinajstić information content (AvgIpc) is 2.51. The van der Waals surface area contributed by atoms with Crippen molar-refractivity contribution in [3.05, 3.63) is 29.3 Å². The van der Waals surface area contributed by atoms with E-state index in [4.69, 9.17) is 21.2 Å². The third-order valence-corrected chi connectivity index (χ3v) is 2.42. The first-order valence-corrected chi connectivity index (χ1v) is 6.19. The van der Waals surface area contributed by atoms with Gasteiger partial charge in [0.15, 0.2) is 11.5 Å². The molecule has 0 unspecified atom stereocenters. The molecule has 0 N–H and O–H groups in total. The first-order valence-electron chi connectivity index (χ1n) is 6.19. The molecule has 0 bridgehead atoms. The number of carbonyl (C=O) groups is 1. The molecule has 1 rings (SSSR count). The lowest BCUT2D eigenvalue weighted by atomic mass is 10.1.